The van der Waals surface area contributed by atoms with E-state index in [1.54, 1.807) is 11.1 Å². The van der Waals surface area contributed by atoms with Crippen LogP contribution < -0.4 is 4.74 Å². The molecule has 8 heteroatoms. The minimum absolute atomic E-state index is 0.0601. The van der Waals surface area contributed by atoms with Gasteiger partial charge in [-0.25, -0.2) is 4.98 Å². The molecule has 7 nitrogen and oxygen atoms in total. The van der Waals surface area contributed by atoms with Crippen LogP contribution in [0.3, 0.4) is 0 Å². The van der Waals surface area contributed by atoms with Gasteiger partial charge in [0.15, 0.2) is 0 Å². The molecule has 2 aliphatic rings. The lowest BCUT2D eigenvalue weighted by atomic mass is 10.1. The van der Waals surface area contributed by atoms with E-state index in [0.29, 0.717) is 18.3 Å². The van der Waals surface area contributed by atoms with E-state index >= 15 is 0 Å². The number of imide groups is 1. The molecule has 106 valence electrons. The van der Waals surface area contributed by atoms with Crippen molar-refractivity contribution < 1.29 is 19.1 Å². The Morgan fingerprint density at radius 2 is 2.05 bits per heavy atom. The molecule has 0 radical (unpaired) electrons. The smallest absolute Gasteiger partial charge is 0.273 e. The van der Waals surface area contributed by atoms with Crippen LogP contribution in [0.2, 0.25) is 0 Å². The quantitative estimate of drug-likeness (QED) is 0.724. The highest BCUT2D eigenvalue weighted by Crippen LogP contribution is 2.20. The molecule has 3 rings (SSSR count). The predicted molar refractivity (Wildman–Crippen MR) is 69.1 cm³/mol. The van der Waals surface area contributed by atoms with Crippen molar-refractivity contribution in [1.82, 2.24) is 14.8 Å². The number of hydrogen-bond donors (Lipinski definition) is 0. The van der Waals surface area contributed by atoms with Gasteiger partial charge in [-0.15, -0.1) is 0 Å². The molecule has 1 aromatic rings. The third-order valence-corrected chi connectivity index (χ3v) is 3.99. The van der Waals surface area contributed by atoms with Crippen LogP contribution in [0.25, 0.3) is 0 Å². The van der Waals surface area contributed by atoms with Gasteiger partial charge in [-0.2, -0.15) is 0 Å². The number of aromatic nitrogens is 1. The first-order valence-corrected chi connectivity index (χ1v) is 7.18. The number of ether oxygens (including phenoxy) is 1. The number of rotatable bonds is 4. The molecule has 20 heavy (non-hydrogen) atoms. The Kier molecular flexibility index (Phi) is 3.39. The average molecular weight is 295 g/mol. The molecular formula is C12H13N3O4S. The number of hydrogen-bond acceptors (Lipinski definition) is 6. The van der Waals surface area contributed by atoms with Crippen LogP contribution >= 0.6 is 11.3 Å². The van der Waals surface area contributed by atoms with Crippen molar-refractivity contribution in [1.29, 1.82) is 0 Å². The molecule has 0 N–H and O–H groups in total. The zero-order valence-corrected chi connectivity index (χ0v) is 11.5. The molecule has 2 saturated heterocycles. The van der Waals surface area contributed by atoms with Crippen molar-refractivity contribution in [2.45, 2.75) is 18.9 Å². The summed E-state index contributed by atoms with van der Waals surface area (Å²) in [6.45, 7) is 0.783. The normalized spacial score (nSPS) is 19.4. The minimum atomic E-state index is -0.264. The Hall–Kier alpha value is -1.96. The third kappa shape index (κ3) is 2.51. The van der Waals surface area contributed by atoms with Crippen molar-refractivity contribution in [3.8, 4) is 5.19 Å². The lowest BCUT2D eigenvalue weighted by molar-refractivity contribution is -0.149. The van der Waals surface area contributed by atoms with E-state index in [1.165, 1.54) is 11.3 Å². The second-order valence-electron chi connectivity index (χ2n) is 4.71. The van der Waals surface area contributed by atoms with E-state index in [-0.39, 0.29) is 43.2 Å². The second-order valence-corrected chi connectivity index (χ2v) is 5.57. The zero-order valence-electron chi connectivity index (χ0n) is 10.7. The Morgan fingerprint density at radius 1 is 1.35 bits per heavy atom. The number of thiazole rings is 1. The topological polar surface area (TPSA) is 79.8 Å². The van der Waals surface area contributed by atoms with Gasteiger partial charge in [0, 0.05) is 24.4 Å². The molecule has 2 aliphatic heterocycles. The summed E-state index contributed by atoms with van der Waals surface area (Å²) in [5.74, 6) is -0.744. The third-order valence-electron chi connectivity index (χ3n) is 3.33. The van der Waals surface area contributed by atoms with E-state index < -0.39 is 0 Å². The summed E-state index contributed by atoms with van der Waals surface area (Å²) < 4.78 is 5.55. The van der Waals surface area contributed by atoms with E-state index in [2.05, 4.69) is 4.98 Å². The summed E-state index contributed by atoms with van der Waals surface area (Å²) in [4.78, 5) is 41.4. The monoisotopic (exact) mass is 295 g/mol. The average Bonchev–Trinajstić information content (AvgIpc) is 2.98. The second kappa shape index (κ2) is 5.20. The largest absolute Gasteiger partial charge is 0.463 e. The number of carbonyl (C=O) groups excluding carboxylic acids is 3. The lowest BCUT2D eigenvalue weighted by Crippen LogP contribution is -2.58. The molecule has 2 fully saturated rings. The standard InChI is InChI=1S/C12H13N3O4S/c16-9-1-2-10(17)15(9)7-11(18)14-5-8(6-14)19-12-13-3-4-20-12/h3-4,8H,1-2,5-7H2. The van der Waals surface area contributed by atoms with Gasteiger partial charge in [0.2, 0.25) is 17.7 Å². The van der Waals surface area contributed by atoms with Crippen LogP contribution in [0, 0.1) is 0 Å². The molecule has 3 heterocycles. The van der Waals surface area contributed by atoms with Gasteiger partial charge in [-0.05, 0) is 0 Å². The van der Waals surface area contributed by atoms with Crippen LogP contribution in [0.15, 0.2) is 11.6 Å². The highest BCUT2D eigenvalue weighted by Gasteiger charge is 2.36. The van der Waals surface area contributed by atoms with Crippen molar-refractivity contribution in [2.24, 2.45) is 0 Å². The first kappa shape index (κ1) is 13.0. The first-order valence-electron chi connectivity index (χ1n) is 6.30. The fraction of sp³-hybridized carbons (Fsp3) is 0.500. The van der Waals surface area contributed by atoms with E-state index in [9.17, 15) is 14.4 Å². The minimum Gasteiger partial charge on any atom is -0.463 e. The van der Waals surface area contributed by atoms with Crippen molar-refractivity contribution in [2.75, 3.05) is 19.6 Å². The highest BCUT2D eigenvalue weighted by atomic mass is 32.1. The number of amides is 3. The summed E-state index contributed by atoms with van der Waals surface area (Å²) in [6.07, 6.45) is 2.02. The molecule has 0 saturated carbocycles. The summed E-state index contributed by atoms with van der Waals surface area (Å²) in [5.41, 5.74) is 0. The summed E-state index contributed by atoms with van der Waals surface area (Å²) in [6, 6.07) is 0. The molecule has 3 amide bonds. The van der Waals surface area contributed by atoms with Gasteiger partial charge in [-0.1, -0.05) is 11.3 Å². The van der Waals surface area contributed by atoms with E-state index in [0.717, 1.165) is 4.90 Å². The molecule has 0 spiro atoms. The molecule has 0 aliphatic carbocycles. The van der Waals surface area contributed by atoms with E-state index in [4.69, 9.17) is 4.74 Å². The van der Waals surface area contributed by atoms with Crippen LogP contribution in [0.4, 0.5) is 0 Å². The maximum absolute atomic E-state index is 11.9. The summed E-state index contributed by atoms with van der Waals surface area (Å²) in [5, 5.41) is 2.41. The Morgan fingerprint density at radius 3 is 2.65 bits per heavy atom. The van der Waals surface area contributed by atoms with Gasteiger partial charge in [0.1, 0.15) is 12.6 Å². The van der Waals surface area contributed by atoms with Gasteiger partial charge in [0.05, 0.1) is 13.1 Å². The number of nitrogens with zero attached hydrogens (tertiary/aromatic N) is 3. The Balaban J connectivity index is 1.46. The summed E-state index contributed by atoms with van der Waals surface area (Å²) >= 11 is 1.40. The maximum atomic E-state index is 11.9. The molecule has 0 aromatic carbocycles. The van der Waals surface area contributed by atoms with Gasteiger partial charge in [-0.3, -0.25) is 19.3 Å². The van der Waals surface area contributed by atoms with E-state index in [1.807, 2.05) is 5.38 Å². The predicted octanol–water partition coefficient (Wildman–Crippen LogP) is -0.118. The number of likely N-dealkylation sites (tertiary alicyclic amines) is 2. The number of carbonyl (C=O) groups is 3. The van der Waals surface area contributed by atoms with Crippen molar-refractivity contribution >= 4 is 29.1 Å². The van der Waals surface area contributed by atoms with Crippen molar-refractivity contribution in [3.63, 3.8) is 0 Å². The maximum Gasteiger partial charge on any atom is 0.273 e. The fourth-order valence-corrected chi connectivity index (χ4v) is 2.71. The highest BCUT2D eigenvalue weighted by molar-refractivity contribution is 7.11. The molecule has 0 unspecified atom stereocenters. The zero-order chi connectivity index (χ0) is 14.1. The van der Waals surface area contributed by atoms with Gasteiger partial charge in [0.25, 0.3) is 5.19 Å². The molecule has 1 aromatic heterocycles. The van der Waals surface area contributed by atoms with Crippen LogP contribution in [0.5, 0.6) is 5.19 Å². The fourth-order valence-electron chi connectivity index (χ4n) is 2.16. The van der Waals surface area contributed by atoms with Crippen LogP contribution in [-0.4, -0.2) is 58.2 Å². The van der Waals surface area contributed by atoms with Crippen LogP contribution in [0.1, 0.15) is 12.8 Å². The SMILES string of the molecule is O=C(CN1C(=O)CCC1=O)N1CC(Oc2nccs2)C1. The first-order chi connectivity index (χ1) is 9.63. The molecule has 0 atom stereocenters. The Labute approximate surface area is 119 Å². The van der Waals surface area contributed by atoms with Gasteiger partial charge < -0.3 is 9.64 Å². The molecule has 0 bridgehead atoms. The lowest BCUT2D eigenvalue weighted by Gasteiger charge is -2.38. The Bertz CT molecular complexity index is 523. The van der Waals surface area contributed by atoms with Crippen LogP contribution in [-0.2, 0) is 14.4 Å². The van der Waals surface area contributed by atoms with Crippen molar-refractivity contribution in [3.05, 3.63) is 11.6 Å². The van der Waals surface area contributed by atoms with Gasteiger partial charge >= 0.3 is 0 Å². The molecular weight excluding hydrogens is 282 g/mol. The summed E-state index contributed by atoms with van der Waals surface area (Å²) in [7, 11) is 0.